The van der Waals surface area contributed by atoms with Gasteiger partial charge < -0.3 is 10.1 Å². The van der Waals surface area contributed by atoms with Gasteiger partial charge in [0.2, 0.25) is 0 Å². The summed E-state index contributed by atoms with van der Waals surface area (Å²) in [4.78, 5) is 30.0. The first-order valence-corrected chi connectivity index (χ1v) is 11.1. The van der Waals surface area contributed by atoms with Crippen molar-refractivity contribution in [2.24, 2.45) is 0 Å². The average molecular weight is 485 g/mol. The number of rotatable bonds is 6. The average Bonchev–Trinajstić information content (AvgIpc) is 3.45. The van der Waals surface area contributed by atoms with Gasteiger partial charge in [-0.2, -0.15) is 4.98 Å². The number of benzene rings is 2. The third-order valence-corrected chi connectivity index (χ3v) is 5.80. The number of ether oxygens (including phenoxy) is 1. The third-order valence-electron chi connectivity index (χ3n) is 4.63. The van der Waals surface area contributed by atoms with Crippen LogP contribution in [0.4, 0.5) is 10.1 Å². The fourth-order valence-electron chi connectivity index (χ4n) is 3.17. The Bertz CT molecular complexity index is 1300. The molecule has 0 aliphatic carbocycles. The van der Waals surface area contributed by atoms with Crippen molar-refractivity contribution in [2.45, 2.75) is 13.8 Å². The summed E-state index contributed by atoms with van der Waals surface area (Å²) in [5, 5.41) is 9.14. The lowest BCUT2D eigenvalue weighted by molar-refractivity contribution is -0.119. The van der Waals surface area contributed by atoms with Gasteiger partial charge in [-0.05, 0) is 66.8 Å². The summed E-state index contributed by atoms with van der Waals surface area (Å²) >= 11 is 7.62. The second-order valence-electron chi connectivity index (χ2n) is 7.19. The smallest absolute Gasteiger partial charge is 0.378 e. The summed E-state index contributed by atoms with van der Waals surface area (Å²) in [6.45, 7) is 3.18. The van der Waals surface area contributed by atoms with Gasteiger partial charge in [-0.15, -0.1) is 16.4 Å². The number of halogens is 2. The molecule has 33 heavy (non-hydrogen) atoms. The molecule has 0 spiro atoms. The molecule has 4 aromatic rings. The van der Waals surface area contributed by atoms with E-state index in [1.807, 2.05) is 37.4 Å². The fourth-order valence-corrected chi connectivity index (χ4v) is 4.24. The highest BCUT2D eigenvalue weighted by Crippen LogP contribution is 2.28. The summed E-state index contributed by atoms with van der Waals surface area (Å²) in [6.07, 6.45) is 0. The molecule has 7 nitrogen and oxygen atoms in total. The number of nitrogens with one attached hydrogen (secondary N) is 1. The van der Waals surface area contributed by atoms with Gasteiger partial charge in [0.25, 0.3) is 11.7 Å². The van der Waals surface area contributed by atoms with E-state index in [0.717, 1.165) is 16.0 Å². The van der Waals surface area contributed by atoms with Crippen molar-refractivity contribution in [1.29, 1.82) is 0 Å². The number of hydrogen-bond acceptors (Lipinski definition) is 6. The maximum atomic E-state index is 13.3. The first-order valence-electron chi connectivity index (χ1n) is 9.82. The Morgan fingerprint density at radius 3 is 2.61 bits per heavy atom. The van der Waals surface area contributed by atoms with Gasteiger partial charge in [0.1, 0.15) is 5.82 Å². The molecule has 1 amide bonds. The number of aryl methyl sites for hydroxylation is 2. The van der Waals surface area contributed by atoms with E-state index in [9.17, 15) is 14.0 Å². The minimum absolute atomic E-state index is 0.222. The molecule has 1 N–H and O–H groups in total. The Kier molecular flexibility index (Phi) is 6.52. The highest BCUT2D eigenvalue weighted by Gasteiger charge is 2.21. The van der Waals surface area contributed by atoms with Crippen LogP contribution in [0.15, 0.2) is 53.9 Å². The molecular formula is C23H18ClFN4O3S. The Balaban J connectivity index is 1.51. The summed E-state index contributed by atoms with van der Waals surface area (Å²) in [7, 11) is 0. The topological polar surface area (TPSA) is 86.1 Å². The van der Waals surface area contributed by atoms with Crippen molar-refractivity contribution in [2.75, 3.05) is 11.9 Å². The molecule has 0 atom stereocenters. The molecule has 2 heterocycles. The highest BCUT2D eigenvalue weighted by atomic mass is 35.5. The van der Waals surface area contributed by atoms with Gasteiger partial charge in [-0.1, -0.05) is 23.7 Å². The Labute approximate surface area is 197 Å². The van der Waals surface area contributed by atoms with Crippen LogP contribution in [-0.4, -0.2) is 33.2 Å². The molecule has 168 valence electrons. The van der Waals surface area contributed by atoms with Crippen LogP contribution in [0.1, 0.15) is 21.7 Å². The molecule has 0 fully saturated rings. The molecule has 4 rings (SSSR count). The Hall–Kier alpha value is -3.56. The molecule has 0 saturated heterocycles. The molecule has 2 aromatic carbocycles. The predicted octanol–water partition coefficient (Wildman–Crippen LogP) is 5.20. The molecule has 2 aromatic heterocycles. The van der Waals surface area contributed by atoms with Crippen LogP contribution in [-0.2, 0) is 9.53 Å². The molecule has 0 bridgehead atoms. The van der Waals surface area contributed by atoms with Crippen LogP contribution < -0.4 is 5.32 Å². The highest BCUT2D eigenvalue weighted by molar-refractivity contribution is 7.13. The van der Waals surface area contributed by atoms with E-state index in [4.69, 9.17) is 16.3 Å². The number of nitrogens with zero attached hydrogens (tertiary/aromatic N) is 3. The zero-order valence-electron chi connectivity index (χ0n) is 17.6. The Morgan fingerprint density at radius 2 is 1.94 bits per heavy atom. The summed E-state index contributed by atoms with van der Waals surface area (Å²) in [5.74, 6) is -1.63. The number of carbonyl (C=O) groups is 2. The van der Waals surface area contributed by atoms with Gasteiger partial charge >= 0.3 is 5.97 Å². The molecule has 0 radical (unpaired) electrons. The van der Waals surface area contributed by atoms with E-state index >= 15 is 0 Å². The van der Waals surface area contributed by atoms with Gasteiger partial charge in [0.05, 0.1) is 21.3 Å². The van der Waals surface area contributed by atoms with Gasteiger partial charge in [0.15, 0.2) is 12.4 Å². The number of carbonyl (C=O) groups excluding carboxylic acids is 2. The van der Waals surface area contributed by atoms with Crippen LogP contribution in [0.3, 0.4) is 0 Å². The maximum absolute atomic E-state index is 13.3. The van der Waals surface area contributed by atoms with Crippen molar-refractivity contribution in [3.63, 3.8) is 0 Å². The molecular weight excluding hydrogens is 467 g/mol. The van der Waals surface area contributed by atoms with E-state index in [-0.39, 0.29) is 5.82 Å². The van der Waals surface area contributed by atoms with Crippen molar-refractivity contribution in [3.05, 3.63) is 81.7 Å². The summed E-state index contributed by atoms with van der Waals surface area (Å²) in [5.41, 5.74) is 2.74. The minimum Gasteiger partial charge on any atom is -0.450 e. The van der Waals surface area contributed by atoms with Crippen molar-refractivity contribution >= 4 is 40.5 Å². The van der Waals surface area contributed by atoms with Crippen LogP contribution in [0.25, 0.3) is 16.4 Å². The van der Waals surface area contributed by atoms with E-state index in [1.165, 1.54) is 40.3 Å². The predicted molar refractivity (Wildman–Crippen MR) is 124 cm³/mol. The van der Waals surface area contributed by atoms with Gasteiger partial charge in [-0.25, -0.2) is 13.9 Å². The van der Waals surface area contributed by atoms with Crippen LogP contribution >= 0.6 is 22.9 Å². The van der Waals surface area contributed by atoms with Gasteiger partial charge in [0, 0.05) is 0 Å². The lowest BCUT2D eigenvalue weighted by atomic mass is 10.1. The quantitative estimate of drug-likeness (QED) is 0.380. The molecule has 10 heteroatoms. The SMILES string of the molecule is Cc1cc(C)c(NC(=O)COC(=O)c2nc(-c3cccs3)n(-c3ccc(F)cc3)n2)c(Cl)c1. The van der Waals surface area contributed by atoms with Gasteiger partial charge in [-0.3, -0.25) is 4.79 Å². The zero-order valence-corrected chi connectivity index (χ0v) is 19.2. The number of thiophene rings is 1. The van der Waals surface area contributed by atoms with Crippen LogP contribution in [0, 0.1) is 19.7 Å². The molecule has 0 unspecified atom stereocenters. The van der Waals surface area contributed by atoms with E-state index < -0.39 is 24.3 Å². The second kappa shape index (κ2) is 9.51. The lowest BCUT2D eigenvalue weighted by Gasteiger charge is -2.11. The first kappa shape index (κ1) is 22.6. The van der Waals surface area contributed by atoms with E-state index in [1.54, 1.807) is 6.07 Å². The summed E-state index contributed by atoms with van der Waals surface area (Å²) < 4.78 is 19.9. The number of esters is 1. The Morgan fingerprint density at radius 1 is 1.18 bits per heavy atom. The number of amides is 1. The minimum atomic E-state index is -0.865. The summed E-state index contributed by atoms with van der Waals surface area (Å²) in [6, 6.07) is 12.9. The van der Waals surface area contributed by atoms with E-state index in [0.29, 0.717) is 22.2 Å². The largest absolute Gasteiger partial charge is 0.450 e. The number of anilines is 1. The molecule has 0 aliphatic rings. The monoisotopic (exact) mass is 484 g/mol. The standard InChI is InChI=1S/C23H18ClFN4O3S/c1-13-10-14(2)20(17(24)11-13)26-19(30)12-32-23(31)21-27-22(18-4-3-9-33-18)29(28-21)16-7-5-15(25)6-8-16/h3-11H,12H2,1-2H3,(H,26,30). The fraction of sp³-hybridized carbons (Fsp3) is 0.130. The zero-order chi connectivity index (χ0) is 23.5. The normalized spacial score (nSPS) is 10.8. The van der Waals surface area contributed by atoms with Crippen molar-refractivity contribution in [1.82, 2.24) is 14.8 Å². The third kappa shape index (κ3) is 5.10. The lowest BCUT2D eigenvalue weighted by Crippen LogP contribution is -2.22. The first-order chi connectivity index (χ1) is 15.8. The maximum Gasteiger partial charge on any atom is 0.378 e. The van der Waals surface area contributed by atoms with Crippen LogP contribution in [0.5, 0.6) is 0 Å². The van der Waals surface area contributed by atoms with Crippen LogP contribution in [0.2, 0.25) is 5.02 Å². The number of hydrogen-bond donors (Lipinski definition) is 1. The van der Waals surface area contributed by atoms with E-state index in [2.05, 4.69) is 15.4 Å². The van der Waals surface area contributed by atoms with Crippen molar-refractivity contribution < 1.29 is 18.7 Å². The molecule has 0 aliphatic heterocycles. The second-order valence-corrected chi connectivity index (χ2v) is 8.54. The molecule has 0 saturated carbocycles. The van der Waals surface area contributed by atoms with Crippen molar-refractivity contribution in [3.8, 4) is 16.4 Å². The number of aromatic nitrogens is 3.